The minimum Gasteiger partial charge on any atom is -0.489 e. The van der Waals surface area contributed by atoms with E-state index >= 15 is 0 Å². The fourth-order valence-electron chi connectivity index (χ4n) is 10.8. The molecule has 4 N–H and O–H groups in total. The number of nitrogens with two attached hydrogens (primary N) is 2. The summed E-state index contributed by atoms with van der Waals surface area (Å²) >= 11 is 0. The molecule has 0 heterocycles. The number of non-ortho nitro benzene ring substituents is 3. The van der Waals surface area contributed by atoms with Crippen LogP contribution in [-0.2, 0) is 67.3 Å². The summed E-state index contributed by atoms with van der Waals surface area (Å²) in [6, 6.07) is 56.0. The van der Waals surface area contributed by atoms with Crippen molar-refractivity contribution < 1.29 is 120 Å². The Kier molecular flexibility index (Phi) is 46.3. The molecule has 0 amide bonds. The summed E-state index contributed by atoms with van der Waals surface area (Å²) in [6.07, 6.45) is 11.5. The summed E-state index contributed by atoms with van der Waals surface area (Å²) in [6.45, 7) is 7.17. The van der Waals surface area contributed by atoms with E-state index in [0.717, 1.165) is 33.5 Å². The van der Waals surface area contributed by atoms with Gasteiger partial charge in [-0.15, -0.1) is 0 Å². The van der Waals surface area contributed by atoms with E-state index in [2.05, 4.69) is 0 Å². The molecule has 708 valence electrons. The van der Waals surface area contributed by atoms with Crippen LogP contribution in [0.3, 0.4) is 0 Å². The first-order chi connectivity index (χ1) is 63.7. The zero-order chi connectivity index (χ0) is 97.1. The van der Waals surface area contributed by atoms with Crippen molar-refractivity contribution in [2.24, 2.45) is 0 Å². The lowest BCUT2D eigenvalue weighted by atomic mass is 10.1. The summed E-state index contributed by atoms with van der Waals surface area (Å²) in [4.78, 5) is 73.0. The molecular formula is C90H97F2N8O30PS2. The van der Waals surface area contributed by atoms with Gasteiger partial charge in [0.2, 0.25) is 0 Å². The lowest BCUT2D eigenvalue weighted by molar-refractivity contribution is -0.386. The van der Waals surface area contributed by atoms with Crippen LogP contribution in [0.5, 0.6) is 23.0 Å². The molecule has 0 saturated heterocycles. The van der Waals surface area contributed by atoms with Crippen molar-refractivity contribution in [2.45, 2.75) is 43.6 Å². The van der Waals surface area contributed by atoms with Gasteiger partial charge in [0.1, 0.15) is 51.8 Å². The van der Waals surface area contributed by atoms with Gasteiger partial charge in [-0.25, -0.2) is 8.78 Å². The second kappa shape index (κ2) is 57.2. The monoisotopic (exact) mass is 1900 g/mol. The van der Waals surface area contributed by atoms with Crippen LogP contribution in [0, 0.1) is 74.5 Å². The average molecular weight is 1900 g/mol. The quantitative estimate of drug-likeness (QED) is 0.00522. The van der Waals surface area contributed by atoms with Gasteiger partial charge in [0, 0.05) is 65.8 Å². The fraction of sp³-hybridized carbons (Fsp3) is 0.256. The molecule has 0 unspecified atom stereocenters. The number of rotatable bonds is 49. The summed E-state index contributed by atoms with van der Waals surface area (Å²) in [7, 11) is -10.9. The van der Waals surface area contributed by atoms with Gasteiger partial charge >= 0.3 is 24.7 Å². The molecular weight excluding hydrogens is 1810 g/mol. The average Bonchev–Trinajstić information content (AvgIpc) is 0.645. The number of carbonyl (C=O) groups is 1. The Morgan fingerprint density at radius 1 is 0.346 bits per heavy atom. The summed E-state index contributed by atoms with van der Waals surface area (Å²) < 4.78 is 147. The standard InChI is InChI=1S/C25H24N2O9S.C18H17FN2O6.C18H21FN2O2.C18H19NO8S.C11H16NO5P/c1-19-2-11-23(12-3-19)37(32,33)36-17-15-34-14-16-35-25-18-21(8-13-24(25)27(30)31)5-4-20-6-9-22(10-7-20)26(28)29;19-9-10-26-11-12-27-18-13-15(5-8-17(18)21(24)25)2-1-14-3-6-16(7-4-14)20(22)23;19-9-10-22-11-12-23-18-13-15(5-8-17(18)21)2-1-14-3-6-16(20)7-4-14;1-14-2-5-16(6-3-14)28(23,24)27-11-9-25-8-10-26-18-12-15(13-20)4-7-17(18)19(21)22;1-3-16-18(15,17-4-2)9-10-5-7-11(8-6-10)12(13)14/h2-13,18H,14-17H2,1H3;1-8,13H,9-12H2;1-8,13H,9-12,20-21H2;2-7,12-13H,8-11H2,1H3;5-8H,3-4,9H2,1-2H3/b5-4+;2*2-1+;;. The molecule has 0 fully saturated rings. The molecule has 0 spiro atoms. The highest BCUT2D eigenvalue weighted by Gasteiger charge is 2.26. The number of aryl methyl sites for hydroxylation is 2. The summed E-state index contributed by atoms with van der Waals surface area (Å²) in [5.74, 6) is 0.664. The first kappa shape index (κ1) is 108. The van der Waals surface area contributed by atoms with Crippen molar-refractivity contribution in [3.05, 3.63) is 335 Å². The fourth-order valence-corrected chi connectivity index (χ4v) is 14.3. The zero-order valence-corrected chi connectivity index (χ0v) is 74.9. The van der Waals surface area contributed by atoms with Gasteiger partial charge in [0.05, 0.1) is 130 Å². The molecule has 0 bridgehead atoms. The maximum atomic E-state index is 12.2. The van der Waals surface area contributed by atoms with Gasteiger partial charge in [-0.3, -0.25) is 78.4 Å². The zero-order valence-electron chi connectivity index (χ0n) is 72.4. The minimum absolute atomic E-state index is 0.00130. The maximum absolute atomic E-state index is 12.2. The van der Waals surface area contributed by atoms with Crippen LogP contribution in [0.4, 0.5) is 54.3 Å². The van der Waals surface area contributed by atoms with Crippen LogP contribution in [0.2, 0.25) is 0 Å². The lowest BCUT2D eigenvalue weighted by Gasteiger charge is -2.16. The van der Waals surface area contributed by atoms with E-state index in [-0.39, 0.29) is 152 Å². The van der Waals surface area contributed by atoms with Crippen molar-refractivity contribution in [1.29, 1.82) is 0 Å². The van der Waals surface area contributed by atoms with Gasteiger partial charge < -0.3 is 58.4 Å². The molecule has 10 rings (SSSR count). The first-order valence-corrected chi connectivity index (χ1v) is 44.8. The molecule has 38 nitrogen and oxygen atoms in total. The van der Waals surface area contributed by atoms with E-state index in [4.69, 9.17) is 66.8 Å². The molecule has 0 aliphatic rings. The Labute approximate surface area is 763 Å². The number of nitro groups is 6. The van der Waals surface area contributed by atoms with Gasteiger partial charge in [0.15, 0.2) is 17.2 Å². The lowest BCUT2D eigenvalue weighted by Crippen LogP contribution is -2.14. The van der Waals surface area contributed by atoms with Crippen LogP contribution >= 0.6 is 7.60 Å². The van der Waals surface area contributed by atoms with Gasteiger partial charge in [-0.2, -0.15) is 16.8 Å². The number of anilines is 2. The number of hydrogen-bond donors (Lipinski definition) is 2. The normalized spacial score (nSPS) is 11.2. The molecule has 0 saturated carbocycles. The topological polar surface area (TPSA) is 524 Å². The van der Waals surface area contributed by atoms with Crippen LogP contribution in [0.15, 0.2) is 228 Å². The number of nitro benzene ring substituents is 6. The molecule has 10 aromatic rings. The highest BCUT2D eigenvalue weighted by atomic mass is 32.2. The Morgan fingerprint density at radius 3 is 0.962 bits per heavy atom. The molecule has 0 aliphatic carbocycles. The number of ether oxygens (including phenoxy) is 8. The third-order valence-electron chi connectivity index (χ3n) is 17.4. The van der Waals surface area contributed by atoms with E-state index in [1.165, 1.54) is 103 Å². The Morgan fingerprint density at radius 2 is 0.632 bits per heavy atom. The van der Waals surface area contributed by atoms with Crippen LogP contribution < -0.4 is 30.4 Å². The molecule has 10 aromatic carbocycles. The highest BCUT2D eigenvalue weighted by Crippen LogP contribution is 2.51. The Bertz CT molecular complexity index is 5810. The van der Waals surface area contributed by atoms with E-state index < -0.39 is 70.7 Å². The molecule has 133 heavy (non-hydrogen) atoms. The maximum Gasteiger partial charge on any atom is 0.335 e. The predicted octanol–water partition coefficient (Wildman–Crippen LogP) is 18.1. The van der Waals surface area contributed by atoms with Crippen molar-refractivity contribution >= 4 is 116 Å². The summed E-state index contributed by atoms with van der Waals surface area (Å²) in [5.41, 5.74) is 19.7. The van der Waals surface area contributed by atoms with Crippen molar-refractivity contribution in [3.63, 3.8) is 0 Å². The first-order valence-electron chi connectivity index (χ1n) is 40.3. The predicted molar refractivity (Wildman–Crippen MR) is 493 cm³/mol. The Balaban J connectivity index is 0.000000260. The molecule has 0 aromatic heterocycles. The largest absolute Gasteiger partial charge is 0.489 e. The van der Waals surface area contributed by atoms with E-state index in [1.54, 1.807) is 117 Å². The minimum atomic E-state index is -3.89. The molecule has 0 atom stereocenters. The van der Waals surface area contributed by atoms with Gasteiger partial charge in [0.25, 0.3) is 37.3 Å². The number of aldehydes is 1. The van der Waals surface area contributed by atoms with Crippen LogP contribution in [-0.4, -0.2) is 172 Å². The van der Waals surface area contributed by atoms with Crippen LogP contribution in [0.1, 0.15) is 74.3 Å². The number of nitrogens with zero attached hydrogens (tertiary/aromatic N) is 6. The van der Waals surface area contributed by atoms with Crippen molar-refractivity contribution in [3.8, 4) is 23.0 Å². The number of halogens is 2. The third-order valence-corrected chi connectivity index (χ3v) is 22.1. The third kappa shape index (κ3) is 39.7. The van der Waals surface area contributed by atoms with Crippen molar-refractivity contribution in [2.75, 3.05) is 131 Å². The number of alkyl halides is 2. The number of benzene rings is 10. The second-order valence-electron chi connectivity index (χ2n) is 27.2. The summed E-state index contributed by atoms with van der Waals surface area (Å²) in [5, 5.41) is 65.3. The van der Waals surface area contributed by atoms with E-state index in [9.17, 15) is 95.7 Å². The van der Waals surface area contributed by atoms with E-state index in [1.807, 2.05) is 62.4 Å². The smallest absolute Gasteiger partial charge is 0.335 e. The van der Waals surface area contributed by atoms with Gasteiger partial charge in [-0.1, -0.05) is 102 Å². The molecule has 0 aliphatic heterocycles. The number of hydrogen-bond acceptors (Lipinski definition) is 32. The second-order valence-corrected chi connectivity index (χ2v) is 32.4. The van der Waals surface area contributed by atoms with Crippen LogP contribution in [0.25, 0.3) is 36.5 Å². The Hall–Kier alpha value is -14.0. The van der Waals surface area contributed by atoms with Gasteiger partial charge in [-0.05, 0) is 176 Å². The van der Waals surface area contributed by atoms with E-state index in [0.29, 0.717) is 66.4 Å². The SMILES string of the molecule is CCOP(=O)(Cc1ccc([N+](=O)[O-])cc1)OCC.Cc1ccc(S(=O)(=O)OCCOCCOc2cc(/C=C/c3ccc([N+](=O)[O-])cc3)ccc2[N+](=O)[O-])cc1.Cc1ccc(S(=O)(=O)OCCOCCOc2cc(C=O)ccc2[N+](=O)[O-])cc1.Nc1ccc(/C=C/c2ccc(N)c(OCCOCCF)c2)cc1.O=[N+]([O-])c1ccc(/C=C/c2ccc([N+](=O)[O-])c(OCCOCCF)c2)cc1. The molecule has 0 radical (unpaired) electrons. The van der Waals surface area contributed by atoms with Crippen molar-refractivity contribution in [1.82, 2.24) is 0 Å². The highest BCUT2D eigenvalue weighted by molar-refractivity contribution is 7.87. The number of nitrogen functional groups attached to an aromatic ring is 2. The number of carbonyl (C=O) groups excluding carboxylic acids is 1. The molecule has 43 heteroatoms.